The van der Waals surface area contributed by atoms with Crippen molar-refractivity contribution in [3.05, 3.63) is 22.2 Å². The predicted octanol–water partition coefficient (Wildman–Crippen LogP) is 1.88. The van der Waals surface area contributed by atoms with Crippen molar-refractivity contribution >= 4 is 21.9 Å². The Labute approximate surface area is 82.2 Å². The summed E-state index contributed by atoms with van der Waals surface area (Å²) >= 11 is 3.15. The van der Waals surface area contributed by atoms with Crippen LogP contribution in [0.3, 0.4) is 0 Å². The minimum atomic E-state index is -0.995. The second-order valence-electron chi connectivity index (χ2n) is 2.47. The smallest absolute Gasteiger partial charge is 0.336 e. The third kappa shape index (κ3) is 1.25. The van der Waals surface area contributed by atoms with Crippen LogP contribution in [-0.4, -0.2) is 17.9 Å². The molecule has 0 amide bonds. The molecule has 68 valence electrons. The molecular weight excluding hydrogens is 240 g/mol. The number of fused-ring (bicyclic) bond motifs is 1. The van der Waals surface area contributed by atoms with E-state index in [0.29, 0.717) is 16.0 Å². The van der Waals surface area contributed by atoms with Crippen molar-refractivity contribution in [1.82, 2.24) is 0 Å². The Hall–Kier alpha value is -1.23. The van der Waals surface area contributed by atoms with Crippen molar-refractivity contribution < 1.29 is 19.4 Å². The molecule has 0 spiro atoms. The number of carboxylic acid groups (broad SMARTS) is 1. The van der Waals surface area contributed by atoms with E-state index < -0.39 is 5.97 Å². The molecule has 1 aromatic carbocycles. The molecule has 0 saturated carbocycles. The van der Waals surface area contributed by atoms with Crippen LogP contribution in [0.4, 0.5) is 0 Å². The fourth-order valence-corrected chi connectivity index (χ4v) is 1.72. The Morgan fingerprint density at radius 1 is 1.46 bits per heavy atom. The summed E-state index contributed by atoms with van der Waals surface area (Å²) in [5.74, 6) is 0.0296. The molecule has 2 rings (SSSR count). The molecule has 1 aliphatic rings. The van der Waals surface area contributed by atoms with Crippen molar-refractivity contribution in [1.29, 1.82) is 0 Å². The van der Waals surface area contributed by atoms with Crippen molar-refractivity contribution in [3.63, 3.8) is 0 Å². The lowest BCUT2D eigenvalue weighted by molar-refractivity contribution is 0.0695. The van der Waals surface area contributed by atoms with Gasteiger partial charge in [-0.25, -0.2) is 4.79 Å². The summed E-state index contributed by atoms with van der Waals surface area (Å²) in [5, 5.41) is 8.77. The highest BCUT2D eigenvalue weighted by Crippen LogP contribution is 2.40. The van der Waals surface area contributed by atoms with Gasteiger partial charge in [0.05, 0.1) is 10.0 Å². The molecule has 4 nitrogen and oxygen atoms in total. The van der Waals surface area contributed by atoms with E-state index in [4.69, 9.17) is 14.6 Å². The number of halogens is 1. The zero-order chi connectivity index (χ0) is 9.42. The number of ether oxygens (including phenoxy) is 2. The summed E-state index contributed by atoms with van der Waals surface area (Å²) < 4.78 is 10.6. The molecule has 1 aromatic rings. The van der Waals surface area contributed by atoms with E-state index >= 15 is 0 Å². The maximum absolute atomic E-state index is 10.7. The second-order valence-corrected chi connectivity index (χ2v) is 3.26. The van der Waals surface area contributed by atoms with E-state index in [-0.39, 0.29) is 12.4 Å². The largest absolute Gasteiger partial charge is 0.478 e. The molecule has 0 fully saturated rings. The Kier molecular flexibility index (Phi) is 1.88. The minimum Gasteiger partial charge on any atom is -0.478 e. The first-order chi connectivity index (χ1) is 6.20. The third-order valence-corrected chi connectivity index (χ3v) is 2.50. The van der Waals surface area contributed by atoms with Crippen LogP contribution in [0.5, 0.6) is 11.5 Å². The third-order valence-electron chi connectivity index (χ3n) is 1.71. The van der Waals surface area contributed by atoms with Crippen molar-refractivity contribution in [2.75, 3.05) is 6.79 Å². The minimum absolute atomic E-state index is 0.136. The van der Waals surface area contributed by atoms with Gasteiger partial charge in [0.1, 0.15) is 0 Å². The van der Waals surface area contributed by atoms with E-state index in [2.05, 4.69) is 15.9 Å². The van der Waals surface area contributed by atoms with Crippen molar-refractivity contribution in [2.45, 2.75) is 0 Å². The fraction of sp³-hybridized carbons (Fsp3) is 0.125. The van der Waals surface area contributed by atoms with Gasteiger partial charge in [0, 0.05) is 0 Å². The maximum atomic E-state index is 10.7. The summed E-state index contributed by atoms with van der Waals surface area (Å²) in [4.78, 5) is 10.7. The highest BCUT2D eigenvalue weighted by Gasteiger charge is 2.21. The van der Waals surface area contributed by atoms with E-state index in [1.165, 1.54) is 6.07 Å². The molecule has 0 radical (unpaired) electrons. The summed E-state index contributed by atoms with van der Waals surface area (Å²) in [5.41, 5.74) is 0.171. The fourth-order valence-electron chi connectivity index (χ4n) is 1.10. The lowest BCUT2D eigenvalue weighted by atomic mass is 10.2. The van der Waals surface area contributed by atoms with Gasteiger partial charge in [0.2, 0.25) is 6.79 Å². The molecule has 0 aliphatic carbocycles. The summed E-state index contributed by atoms with van der Waals surface area (Å²) in [7, 11) is 0. The van der Waals surface area contributed by atoms with Gasteiger partial charge in [-0.3, -0.25) is 0 Å². The second kappa shape index (κ2) is 2.92. The number of hydrogen-bond donors (Lipinski definition) is 1. The molecule has 13 heavy (non-hydrogen) atoms. The molecule has 0 atom stereocenters. The molecule has 1 N–H and O–H groups in total. The Balaban J connectivity index is 2.59. The van der Waals surface area contributed by atoms with E-state index in [0.717, 1.165) is 0 Å². The molecule has 5 heteroatoms. The summed E-state index contributed by atoms with van der Waals surface area (Å²) in [6.45, 7) is 0.136. The molecule has 0 aromatic heterocycles. The van der Waals surface area contributed by atoms with Crippen LogP contribution in [0.15, 0.2) is 16.6 Å². The average Bonchev–Trinajstić information content (AvgIpc) is 2.52. The van der Waals surface area contributed by atoms with Gasteiger partial charge in [-0.2, -0.15) is 0 Å². The summed E-state index contributed by atoms with van der Waals surface area (Å²) in [6.07, 6.45) is 0. The van der Waals surface area contributed by atoms with Gasteiger partial charge in [-0.15, -0.1) is 0 Å². The number of benzene rings is 1. The topological polar surface area (TPSA) is 55.8 Å². The molecule has 0 saturated heterocycles. The van der Waals surface area contributed by atoms with Gasteiger partial charge >= 0.3 is 5.97 Å². The molecule has 0 bridgehead atoms. The van der Waals surface area contributed by atoms with E-state index in [1.807, 2.05) is 0 Å². The number of aromatic carboxylic acids is 1. The van der Waals surface area contributed by atoms with E-state index in [9.17, 15) is 4.79 Å². The number of carbonyl (C=O) groups is 1. The maximum Gasteiger partial charge on any atom is 0.336 e. The van der Waals surface area contributed by atoms with Crippen molar-refractivity contribution in [3.8, 4) is 11.5 Å². The SMILES string of the molecule is O=C(O)c1ccc2c(c1Br)OCO2. The first-order valence-corrected chi connectivity index (χ1v) is 4.31. The first kappa shape index (κ1) is 8.37. The van der Waals surface area contributed by atoms with Crippen LogP contribution in [0.2, 0.25) is 0 Å². The standard InChI is InChI=1S/C8H5BrO4/c9-6-4(8(10)11)1-2-5-7(6)13-3-12-5/h1-2H,3H2,(H,10,11). The Bertz CT molecular complexity index is 375. The highest BCUT2D eigenvalue weighted by atomic mass is 79.9. The van der Waals surface area contributed by atoms with Crippen LogP contribution >= 0.6 is 15.9 Å². The van der Waals surface area contributed by atoms with Gasteiger partial charge in [-0.05, 0) is 28.1 Å². The Morgan fingerprint density at radius 2 is 2.23 bits per heavy atom. The normalized spacial score (nSPS) is 13.0. The molecule has 0 unspecified atom stereocenters. The van der Waals surface area contributed by atoms with Gasteiger partial charge in [0.25, 0.3) is 0 Å². The Morgan fingerprint density at radius 3 is 2.92 bits per heavy atom. The highest BCUT2D eigenvalue weighted by molar-refractivity contribution is 9.10. The van der Waals surface area contributed by atoms with Crippen molar-refractivity contribution in [2.24, 2.45) is 0 Å². The van der Waals surface area contributed by atoms with Gasteiger partial charge in [0.15, 0.2) is 11.5 Å². The average molecular weight is 245 g/mol. The van der Waals surface area contributed by atoms with Gasteiger partial charge < -0.3 is 14.6 Å². The molecule has 1 heterocycles. The number of rotatable bonds is 1. The monoisotopic (exact) mass is 244 g/mol. The number of hydrogen-bond acceptors (Lipinski definition) is 3. The zero-order valence-corrected chi connectivity index (χ0v) is 8.00. The van der Waals surface area contributed by atoms with Crippen LogP contribution in [-0.2, 0) is 0 Å². The summed E-state index contributed by atoms with van der Waals surface area (Å²) in [6, 6.07) is 3.05. The zero-order valence-electron chi connectivity index (χ0n) is 6.41. The van der Waals surface area contributed by atoms with Crippen LogP contribution < -0.4 is 9.47 Å². The van der Waals surface area contributed by atoms with Crippen LogP contribution in [0.1, 0.15) is 10.4 Å². The lowest BCUT2D eigenvalue weighted by Gasteiger charge is -2.01. The lowest BCUT2D eigenvalue weighted by Crippen LogP contribution is -1.98. The molecule has 1 aliphatic heterocycles. The predicted molar refractivity (Wildman–Crippen MR) is 47.2 cm³/mol. The van der Waals surface area contributed by atoms with Crippen LogP contribution in [0.25, 0.3) is 0 Å². The first-order valence-electron chi connectivity index (χ1n) is 3.51. The van der Waals surface area contributed by atoms with Gasteiger partial charge in [-0.1, -0.05) is 0 Å². The molecular formula is C8H5BrO4. The van der Waals surface area contributed by atoms with Crippen LogP contribution in [0, 0.1) is 0 Å². The number of carboxylic acids is 1. The van der Waals surface area contributed by atoms with E-state index in [1.54, 1.807) is 6.07 Å². The quantitative estimate of drug-likeness (QED) is 0.820.